The van der Waals surface area contributed by atoms with E-state index >= 15 is 0 Å². The Morgan fingerprint density at radius 3 is 2.21 bits per heavy atom. The molecule has 1 fully saturated rings. The Labute approximate surface area is 224 Å². The second-order valence-electron chi connectivity index (χ2n) is 10.1. The third-order valence-electron chi connectivity index (χ3n) is 7.53. The lowest BCUT2D eigenvalue weighted by molar-refractivity contribution is 0.0934. The molecular weight excluding hydrogens is 472 g/mol. The molecule has 1 N–H and O–H groups in total. The maximum absolute atomic E-state index is 14.2. The number of pyridine rings is 1. The van der Waals surface area contributed by atoms with Crippen LogP contribution in [-0.2, 0) is 6.54 Å². The third-order valence-corrected chi connectivity index (χ3v) is 7.53. The van der Waals surface area contributed by atoms with Gasteiger partial charge >= 0.3 is 0 Å². The molecule has 0 unspecified atom stereocenters. The van der Waals surface area contributed by atoms with Crippen molar-refractivity contribution in [2.75, 3.05) is 33.2 Å². The SMILES string of the molecule is CC[C@H](NC(=O)c1c(CN2CCCN(C)CC2)n(-c2ccccc2)c(=O)c2ccccc12)c1ccccc1. The Morgan fingerprint density at radius 1 is 0.842 bits per heavy atom. The Kier molecular flexibility index (Phi) is 8.01. The predicted molar refractivity (Wildman–Crippen MR) is 154 cm³/mol. The van der Waals surface area contributed by atoms with Gasteiger partial charge in [-0.25, -0.2) is 0 Å². The van der Waals surface area contributed by atoms with Gasteiger partial charge in [-0.15, -0.1) is 0 Å². The van der Waals surface area contributed by atoms with Crippen molar-refractivity contribution in [3.05, 3.63) is 112 Å². The summed E-state index contributed by atoms with van der Waals surface area (Å²) in [6.45, 7) is 6.40. The van der Waals surface area contributed by atoms with Crippen LogP contribution in [0.15, 0.2) is 89.7 Å². The van der Waals surface area contributed by atoms with Crippen molar-refractivity contribution < 1.29 is 4.79 Å². The highest BCUT2D eigenvalue weighted by Gasteiger charge is 2.26. The Balaban J connectivity index is 1.68. The van der Waals surface area contributed by atoms with E-state index in [1.165, 1.54) is 0 Å². The fraction of sp³-hybridized carbons (Fsp3) is 0.312. The minimum Gasteiger partial charge on any atom is -0.345 e. The van der Waals surface area contributed by atoms with Gasteiger partial charge in [-0.2, -0.15) is 0 Å². The first-order valence-corrected chi connectivity index (χ1v) is 13.6. The van der Waals surface area contributed by atoms with Gasteiger partial charge in [0.1, 0.15) is 0 Å². The van der Waals surface area contributed by atoms with E-state index in [2.05, 4.69) is 29.1 Å². The van der Waals surface area contributed by atoms with E-state index in [0.717, 1.165) is 56.0 Å². The molecule has 1 aliphatic rings. The van der Waals surface area contributed by atoms with Crippen LogP contribution < -0.4 is 10.9 Å². The van der Waals surface area contributed by atoms with E-state index in [-0.39, 0.29) is 17.5 Å². The summed E-state index contributed by atoms with van der Waals surface area (Å²) in [5.41, 5.74) is 3.07. The molecule has 3 aromatic carbocycles. The molecule has 0 spiro atoms. The van der Waals surface area contributed by atoms with Crippen LogP contribution in [0.2, 0.25) is 0 Å². The molecule has 6 nitrogen and oxygen atoms in total. The number of amides is 1. The van der Waals surface area contributed by atoms with Crippen molar-refractivity contribution in [2.24, 2.45) is 0 Å². The molecule has 5 rings (SSSR count). The van der Waals surface area contributed by atoms with Gasteiger partial charge in [-0.3, -0.25) is 19.1 Å². The fourth-order valence-electron chi connectivity index (χ4n) is 5.46. The molecule has 0 saturated carbocycles. The van der Waals surface area contributed by atoms with Gasteiger partial charge in [-0.05, 0) is 56.7 Å². The number of hydrogen-bond acceptors (Lipinski definition) is 4. The van der Waals surface area contributed by atoms with Crippen molar-refractivity contribution >= 4 is 16.7 Å². The Bertz CT molecular complexity index is 1450. The predicted octanol–water partition coefficient (Wildman–Crippen LogP) is 5.01. The van der Waals surface area contributed by atoms with Gasteiger partial charge in [0.25, 0.3) is 11.5 Å². The molecule has 6 heteroatoms. The van der Waals surface area contributed by atoms with Crippen molar-refractivity contribution in [1.29, 1.82) is 0 Å². The number of benzene rings is 3. The molecule has 0 radical (unpaired) electrons. The average Bonchev–Trinajstić information content (AvgIpc) is 3.16. The largest absolute Gasteiger partial charge is 0.345 e. The van der Waals surface area contributed by atoms with E-state index in [4.69, 9.17) is 0 Å². The molecule has 4 aromatic rings. The summed E-state index contributed by atoms with van der Waals surface area (Å²) in [5.74, 6) is -0.150. The summed E-state index contributed by atoms with van der Waals surface area (Å²) >= 11 is 0. The highest BCUT2D eigenvalue weighted by atomic mass is 16.2. The molecule has 2 heterocycles. The maximum Gasteiger partial charge on any atom is 0.263 e. The first kappa shape index (κ1) is 25.9. The number of nitrogens with one attached hydrogen (secondary N) is 1. The molecule has 1 aromatic heterocycles. The number of likely N-dealkylation sites (N-methyl/N-ethyl adjacent to an activating group) is 1. The van der Waals surface area contributed by atoms with Gasteiger partial charge in [-0.1, -0.05) is 73.7 Å². The second-order valence-corrected chi connectivity index (χ2v) is 10.1. The van der Waals surface area contributed by atoms with Gasteiger partial charge in [0.15, 0.2) is 0 Å². The smallest absolute Gasteiger partial charge is 0.263 e. The first-order valence-electron chi connectivity index (χ1n) is 13.6. The quantitative estimate of drug-likeness (QED) is 0.381. The normalized spacial score (nSPS) is 15.7. The molecule has 38 heavy (non-hydrogen) atoms. The molecule has 1 aliphatic heterocycles. The zero-order valence-corrected chi connectivity index (χ0v) is 22.3. The van der Waals surface area contributed by atoms with Crippen LogP contribution in [0.1, 0.15) is 47.4 Å². The Morgan fingerprint density at radius 2 is 1.50 bits per heavy atom. The molecule has 1 amide bonds. The molecule has 0 aliphatic carbocycles. The summed E-state index contributed by atoms with van der Waals surface area (Å²) in [6.07, 6.45) is 1.81. The van der Waals surface area contributed by atoms with Crippen LogP contribution >= 0.6 is 0 Å². The molecule has 196 valence electrons. The van der Waals surface area contributed by atoms with E-state index in [9.17, 15) is 9.59 Å². The number of aromatic nitrogens is 1. The Hall–Kier alpha value is -3.74. The van der Waals surface area contributed by atoms with E-state index in [1.54, 1.807) is 4.57 Å². The minimum absolute atomic E-state index is 0.0969. The standard InChI is InChI=1S/C32H36N4O2/c1-3-28(24-13-6-4-7-14-24)33-31(37)30-26-17-10-11-18-27(26)32(38)36(25-15-8-5-9-16-25)29(30)23-35-20-12-19-34(2)21-22-35/h4-11,13-18,28H,3,12,19-23H2,1-2H3,(H,33,37)/t28-/m0/s1. The molecule has 1 saturated heterocycles. The monoisotopic (exact) mass is 508 g/mol. The van der Waals surface area contributed by atoms with Crippen LogP contribution in [0.4, 0.5) is 0 Å². The van der Waals surface area contributed by atoms with Gasteiger partial charge in [0.2, 0.25) is 0 Å². The zero-order chi connectivity index (χ0) is 26.5. The number of carbonyl (C=O) groups is 1. The summed E-state index contributed by atoms with van der Waals surface area (Å²) in [4.78, 5) is 32.9. The summed E-state index contributed by atoms with van der Waals surface area (Å²) in [6, 6.07) is 27.1. The maximum atomic E-state index is 14.2. The van der Waals surface area contributed by atoms with E-state index < -0.39 is 0 Å². The third kappa shape index (κ3) is 5.42. The highest BCUT2D eigenvalue weighted by Crippen LogP contribution is 2.26. The number of hydrogen-bond donors (Lipinski definition) is 1. The van der Waals surface area contributed by atoms with Crippen LogP contribution in [0.25, 0.3) is 16.5 Å². The molecular formula is C32H36N4O2. The number of fused-ring (bicyclic) bond motifs is 1. The zero-order valence-electron chi connectivity index (χ0n) is 22.3. The van der Waals surface area contributed by atoms with Crippen molar-refractivity contribution in [3.63, 3.8) is 0 Å². The first-order chi connectivity index (χ1) is 18.6. The number of nitrogens with zero attached hydrogens (tertiary/aromatic N) is 3. The number of rotatable bonds is 7. The van der Waals surface area contributed by atoms with Crippen LogP contribution in [0, 0.1) is 0 Å². The summed E-state index contributed by atoms with van der Waals surface area (Å²) < 4.78 is 1.76. The molecule has 1 atom stereocenters. The van der Waals surface area contributed by atoms with Gasteiger partial charge in [0, 0.05) is 36.1 Å². The fourth-order valence-corrected chi connectivity index (χ4v) is 5.46. The van der Waals surface area contributed by atoms with Crippen molar-refractivity contribution in [2.45, 2.75) is 32.4 Å². The second kappa shape index (κ2) is 11.8. The van der Waals surface area contributed by atoms with E-state index in [1.807, 2.05) is 84.9 Å². The van der Waals surface area contributed by atoms with Crippen molar-refractivity contribution in [3.8, 4) is 5.69 Å². The molecule has 0 bridgehead atoms. The van der Waals surface area contributed by atoms with Crippen LogP contribution in [0.3, 0.4) is 0 Å². The van der Waals surface area contributed by atoms with Gasteiger partial charge < -0.3 is 10.2 Å². The summed E-state index contributed by atoms with van der Waals surface area (Å²) in [7, 11) is 2.15. The topological polar surface area (TPSA) is 57.6 Å². The van der Waals surface area contributed by atoms with Crippen molar-refractivity contribution in [1.82, 2.24) is 19.7 Å². The highest BCUT2D eigenvalue weighted by molar-refractivity contribution is 6.08. The number of carbonyl (C=O) groups excluding carboxylic acids is 1. The average molecular weight is 509 g/mol. The lowest BCUT2D eigenvalue weighted by Gasteiger charge is -2.26. The van der Waals surface area contributed by atoms with Gasteiger partial charge in [0.05, 0.1) is 17.3 Å². The summed E-state index contributed by atoms with van der Waals surface area (Å²) in [5, 5.41) is 4.56. The minimum atomic E-state index is -0.150. The lowest BCUT2D eigenvalue weighted by Crippen LogP contribution is -2.36. The van der Waals surface area contributed by atoms with Crippen LogP contribution in [0.5, 0.6) is 0 Å². The lowest BCUT2D eigenvalue weighted by atomic mass is 9.99. The van der Waals surface area contributed by atoms with E-state index in [0.29, 0.717) is 22.9 Å². The number of para-hydroxylation sites is 1. The van der Waals surface area contributed by atoms with Crippen LogP contribution in [-0.4, -0.2) is 53.5 Å².